The first-order valence-corrected chi connectivity index (χ1v) is 14.7. The minimum absolute atomic E-state index is 0.0478. The minimum Gasteiger partial charge on any atom is -0.380 e. The summed E-state index contributed by atoms with van der Waals surface area (Å²) in [7, 11) is 0. The molecule has 2 N–H and O–H groups in total. The van der Waals surface area contributed by atoms with Crippen molar-refractivity contribution in [2.24, 2.45) is 0 Å². The number of benzene rings is 2. The highest BCUT2D eigenvalue weighted by atomic mass is 35.5. The minimum atomic E-state index is -1.09. The average Bonchev–Trinajstić information content (AvgIpc) is 2.99. The van der Waals surface area contributed by atoms with Crippen LogP contribution in [-0.2, 0) is 0 Å². The van der Waals surface area contributed by atoms with E-state index in [-0.39, 0.29) is 67.2 Å². The summed E-state index contributed by atoms with van der Waals surface area (Å²) in [6, 6.07) is 2.10. The van der Waals surface area contributed by atoms with Crippen LogP contribution in [0.4, 0.5) is 37.8 Å². The fraction of sp³-hybridized carbons (Fsp3) is 0.200. The van der Waals surface area contributed by atoms with Crippen molar-refractivity contribution in [2.75, 3.05) is 10.6 Å². The number of nitrogens with zero attached hydrogens (tertiary/aromatic N) is 8. The molecule has 0 bridgehead atoms. The number of hydrogen-bond donors (Lipinski definition) is 2. The van der Waals surface area contributed by atoms with Crippen LogP contribution in [-0.4, -0.2) is 52.4 Å². The second kappa shape index (κ2) is 14.0. The van der Waals surface area contributed by atoms with Gasteiger partial charge >= 0.3 is 0 Å². The number of aromatic nitrogens is 8. The molecule has 0 atom stereocenters. The van der Waals surface area contributed by atoms with Gasteiger partial charge in [-0.25, -0.2) is 46.3 Å². The van der Waals surface area contributed by atoms with Gasteiger partial charge in [-0.05, 0) is 27.7 Å². The van der Waals surface area contributed by atoms with Gasteiger partial charge in [-0.15, -0.1) is 20.4 Å². The van der Waals surface area contributed by atoms with E-state index in [2.05, 4.69) is 51.0 Å². The lowest BCUT2D eigenvalue weighted by Crippen LogP contribution is -2.13. The lowest BCUT2D eigenvalue weighted by molar-refractivity contribution is 0.547. The molecule has 0 fully saturated rings. The smallest absolute Gasteiger partial charge is 0.204 e. The SMILES string of the molecule is CC(C)Nc1c(-c2c(F)cc(F)cc2F)c(Cl)nc2nncnc12.CC(C)Nc1nc2nncnc2c(Cl)c1-c1c(F)cc(F)cc1F. The van der Waals surface area contributed by atoms with E-state index >= 15 is 0 Å². The number of hydrogen-bond acceptors (Lipinski definition) is 10. The monoisotopic (exact) mass is 706 g/mol. The highest BCUT2D eigenvalue weighted by molar-refractivity contribution is 6.38. The predicted octanol–water partition coefficient (Wildman–Crippen LogP) is 7.96. The summed E-state index contributed by atoms with van der Waals surface area (Å²) < 4.78 is 83.4. The van der Waals surface area contributed by atoms with Crippen molar-refractivity contribution < 1.29 is 26.3 Å². The normalized spacial score (nSPS) is 11.3. The summed E-state index contributed by atoms with van der Waals surface area (Å²) in [5.41, 5.74) is -0.189. The summed E-state index contributed by atoms with van der Waals surface area (Å²) in [6.45, 7) is 7.29. The van der Waals surface area contributed by atoms with E-state index < -0.39 is 46.0 Å². The zero-order valence-electron chi connectivity index (χ0n) is 25.2. The molecule has 4 heterocycles. The second-order valence-corrected chi connectivity index (χ2v) is 11.4. The van der Waals surface area contributed by atoms with Crippen LogP contribution >= 0.6 is 23.2 Å². The predicted molar refractivity (Wildman–Crippen MR) is 168 cm³/mol. The Bertz CT molecular complexity index is 2060. The third-order valence-electron chi connectivity index (χ3n) is 6.36. The van der Waals surface area contributed by atoms with Gasteiger partial charge in [-0.1, -0.05) is 23.2 Å². The van der Waals surface area contributed by atoms with Crippen LogP contribution < -0.4 is 10.6 Å². The molecule has 0 spiro atoms. The Balaban J connectivity index is 0.000000188. The Hall–Kier alpha value is -4.96. The Labute approximate surface area is 278 Å². The third kappa shape index (κ3) is 6.99. The zero-order valence-corrected chi connectivity index (χ0v) is 26.7. The molecule has 0 radical (unpaired) electrons. The molecule has 48 heavy (non-hydrogen) atoms. The highest BCUT2D eigenvalue weighted by Crippen LogP contribution is 2.42. The van der Waals surface area contributed by atoms with E-state index in [1.807, 2.05) is 27.7 Å². The van der Waals surface area contributed by atoms with E-state index in [0.29, 0.717) is 24.3 Å². The summed E-state index contributed by atoms with van der Waals surface area (Å²) in [5, 5.41) is 20.6. The van der Waals surface area contributed by atoms with Gasteiger partial charge in [0.25, 0.3) is 0 Å². The number of fused-ring (bicyclic) bond motifs is 2. The van der Waals surface area contributed by atoms with Gasteiger partial charge in [0.2, 0.25) is 11.3 Å². The number of rotatable bonds is 6. The lowest BCUT2D eigenvalue weighted by atomic mass is 10.0. The molecule has 248 valence electrons. The van der Waals surface area contributed by atoms with E-state index in [4.69, 9.17) is 23.2 Å². The molecule has 0 saturated carbocycles. The lowest BCUT2D eigenvalue weighted by Gasteiger charge is -2.18. The maximum absolute atomic E-state index is 14.3. The van der Waals surface area contributed by atoms with Crippen molar-refractivity contribution in [3.63, 3.8) is 0 Å². The molecule has 0 saturated heterocycles. The van der Waals surface area contributed by atoms with E-state index in [1.54, 1.807) is 0 Å². The van der Waals surface area contributed by atoms with E-state index in [9.17, 15) is 26.3 Å². The van der Waals surface area contributed by atoms with E-state index in [0.717, 1.165) is 6.33 Å². The first-order valence-electron chi connectivity index (χ1n) is 13.9. The highest BCUT2D eigenvalue weighted by Gasteiger charge is 2.26. The van der Waals surface area contributed by atoms with Crippen molar-refractivity contribution in [1.29, 1.82) is 0 Å². The van der Waals surface area contributed by atoms with Gasteiger partial charge in [-0.3, -0.25) is 0 Å². The quantitative estimate of drug-likeness (QED) is 0.130. The van der Waals surface area contributed by atoms with Crippen LogP contribution in [0.1, 0.15) is 27.7 Å². The van der Waals surface area contributed by atoms with Crippen LogP contribution in [0.15, 0.2) is 36.9 Å². The van der Waals surface area contributed by atoms with E-state index in [1.165, 1.54) is 6.33 Å². The third-order valence-corrected chi connectivity index (χ3v) is 7.00. The fourth-order valence-corrected chi connectivity index (χ4v) is 5.19. The molecule has 6 rings (SSSR count). The summed E-state index contributed by atoms with van der Waals surface area (Å²) in [5.74, 6) is -6.32. The maximum Gasteiger partial charge on any atom is 0.204 e. The molecule has 0 unspecified atom stereocenters. The number of pyridine rings is 2. The average molecular weight is 707 g/mol. The first-order chi connectivity index (χ1) is 22.8. The van der Waals surface area contributed by atoms with Crippen LogP contribution in [0.3, 0.4) is 0 Å². The van der Waals surface area contributed by atoms with Crippen molar-refractivity contribution in [3.05, 3.63) is 82.0 Å². The summed E-state index contributed by atoms with van der Waals surface area (Å²) in [4.78, 5) is 16.2. The Morgan fingerprint density at radius 1 is 0.583 bits per heavy atom. The van der Waals surface area contributed by atoms with Gasteiger partial charge in [0.15, 0.2) is 0 Å². The molecule has 10 nitrogen and oxygen atoms in total. The topological polar surface area (TPSA) is 127 Å². The summed E-state index contributed by atoms with van der Waals surface area (Å²) >= 11 is 12.4. The van der Waals surface area contributed by atoms with Gasteiger partial charge in [0.1, 0.15) is 69.6 Å². The van der Waals surface area contributed by atoms with Gasteiger partial charge in [-0.2, -0.15) is 0 Å². The molecule has 18 heteroatoms. The van der Waals surface area contributed by atoms with Crippen LogP contribution in [0, 0.1) is 34.9 Å². The zero-order chi connectivity index (χ0) is 34.9. The molecular weight excluding hydrogens is 685 g/mol. The molecule has 0 aliphatic heterocycles. The number of halogens is 8. The van der Waals surface area contributed by atoms with Gasteiger partial charge in [0, 0.05) is 36.3 Å². The van der Waals surface area contributed by atoms with Crippen molar-refractivity contribution >= 4 is 57.0 Å². The van der Waals surface area contributed by atoms with Crippen molar-refractivity contribution in [1.82, 2.24) is 40.3 Å². The maximum atomic E-state index is 14.3. The van der Waals surface area contributed by atoms with Crippen molar-refractivity contribution in [3.8, 4) is 22.3 Å². The van der Waals surface area contributed by atoms with Crippen LogP contribution in [0.5, 0.6) is 0 Å². The Kier molecular flexibility index (Phi) is 10.0. The molecule has 4 aromatic heterocycles. The number of nitrogens with one attached hydrogen (secondary N) is 2. The largest absolute Gasteiger partial charge is 0.380 e. The van der Waals surface area contributed by atoms with Crippen LogP contribution in [0.25, 0.3) is 44.6 Å². The molecule has 0 amide bonds. The molecule has 6 aromatic rings. The Morgan fingerprint density at radius 2 is 1.04 bits per heavy atom. The Morgan fingerprint density at radius 3 is 1.54 bits per heavy atom. The summed E-state index contributed by atoms with van der Waals surface area (Å²) in [6.07, 6.45) is 2.33. The first kappa shape index (κ1) is 34.4. The molecule has 0 aliphatic rings. The molecule has 0 aliphatic carbocycles. The standard InChI is InChI=1S/2C15H11ClF3N5/c1-6(2)22-12-11(10-8(18)3-7(17)4-9(10)19)14(16)23-15-13(12)20-5-21-24-15;1-6(2)22-14-11(10-8(18)3-7(17)4-9(10)19)12(16)13-15(23-14)24-21-5-20-13/h2*3-6H,1-2H3,(H,22,23,24). The van der Waals surface area contributed by atoms with Crippen LogP contribution in [0.2, 0.25) is 10.2 Å². The fourth-order valence-electron chi connectivity index (χ4n) is 4.60. The van der Waals surface area contributed by atoms with Gasteiger partial charge < -0.3 is 10.6 Å². The van der Waals surface area contributed by atoms with Gasteiger partial charge in [0.05, 0.1) is 33.0 Å². The second-order valence-electron chi connectivity index (χ2n) is 10.7. The number of anilines is 2. The molecular formula is C30H22Cl2F6N10. The van der Waals surface area contributed by atoms with Crippen molar-refractivity contribution in [2.45, 2.75) is 39.8 Å². The molecule has 2 aromatic carbocycles.